The van der Waals surface area contributed by atoms with E-state index in [1.54, 1.807) is 0 Å². The van der Waals surface area contributed by atoms with Gasteiger partial charge in [-0.05, 0) is 80.5 Å². The zero-order chi connectivity index (χ0) is 16.8. The number of piperidine rings is 1. The van der Waals surface area contributed by atoms with Gasteiger partial charge in [-0.3, -0.25) is 4.90 Å². The van der Waals surface area contributed by atoms with Crippen LogP contribution in [0.2, 0.25) is 0 Å². The molecule has 1 aliphatic heterocycles. The van der Waals surface area contributed by atoms with Gasteiger partial charge >= 0.3 is 0 Å². The van der Waals surface area contributed by atoms with Crippen molar-refractivity contribution in [3.63, 3.8) is 0 Å². The van der Waals surface area contributed by atoms with Gasteiger partial charge in [0, 0.05) is 17.9 Å². The van der Waals surface area contributed by atoms with Crippen molar-refractivity contribution in [3.05, 3.63) is 59.7 Å². The molecule has 0 bridgehead atoms. The standard InChI is InChI=1S/C20H25N3S/c1-16-6-5-7-19(14-16)22-20(24)21-18-10-8-17(9-11-18)15-23-12-3-2-4-13-23/h5-11,14H,2-4,12-13,15H2,1H3,(H2,21,22,24). The minimum atomic E-state index is 0.615. The number of aryl methyl sites for hydroxylation is 1. The first-order chi connectivity index (χ1) is 11.7. The first-order valence-electron chi connectivity index (χ1n) is 8.65. The van der Waals surface area contributed by atoms with Crippen LogP contribution in [0.25, 0.3) is 0 Å². The highest BCUT2D eigenvalue weighted by Crippen LogP contribution is 2.16. The number of anilines is 2. The van der Waals surface area contributed by atoms with Crippen LogP contribution in [0.1, 0.15) is 30.4 Å². The fourth-order valence-corrected chi connectivity index (χ4v) is 3.32. The van der Waals surface area contributed by atoms with Gasteiger partial charge in [-0.15, -0.1) is 0 Å². The van der Waals surface area contributed by atoms with E-state index in [4.69, 9.17) is 12.2 Å². The number of hydrogen-bond acceptors (Lipinski definition) is 2. The average Bonchev–Trinajstić information content (AvgIpc) is 2.57. The molecule has 0 radical (unpaired) electrons. The van der Waals surface area contributed by atoms with E-state index in [0.717, 1.165) is 17.9 Å². The van der Waals surface area contributed by atoms with Crippen molar-refractivity contribution < 1.29 is 0 Å². The number of nitrogens with zero attached hydrogens (tertiary/aromatic N) is 1. The van der Waals surface area contributed by atoms with Crippen molar-refractivity contribution in [2.45, 2.75) is 32.7 Å². The highest BCUT2D eigenvalue weighted by Gasteiger charge is 2.10. The van der Waals surface area contributed by atoms with Gasteiger partial charge in [0.2, 0.25) is 0 Å². The highest BCUT2D eigenvalue weighted by atomic mass is 32.1. The predicted molar refractivity (Wildman–Crippen MR) is 107 cm³/mol. The normalized spacial score (nSPS) is 15.0. The average molecular weight is 340 g/mol. The molecule has 4 heteroatoms. The van der Waals surface area contributed by atoms with Crippen LogP contribution in [0.15, 0.2) is 48.5 Å². The SMILES string of the molecule is Cc1cccc(NC(=S)Nc2ccc(CN3CCCCC3)cc2)c1. The van der Waals surface area contributed by atoms with Gasteiger partial charge in [0.15, 0.2) is 5.11 Å². The van der Waals surface area contributed by atoms with E-state index in [9.17, 15) is 0 Å². The molecule has 0 aliphatic carbocycles. The van der Waals surface area contributed by atoms with Gasteiger partial charge < -0.3 is 10.6 Å². The molecule has 24 heavy (non-hydrogen) atoms. The Hall–Kier alpha value is -1.91. The molecule has 2 aromatic carbocycles. The maximum Gasteiger partial charge on any atom is 0.175 e. The number of benzene rings is 2. The zero-order valence-electron chi connectivity index (χ0n) is 14.2. The molecular weight excluding hydrogens is 314 g/mol. The molecule has 126 valence electrons. The lowest BCUT2D eigenvalue weighted by atomic mass is 10.1. The second kappa shape index (κ2) is 8.27. The van der Waals surface area contributed by atoms with Crippen molar-refractivity contribution in [3.8, 4) is 0 Å². The minimum Gasteiger partial charge on any atom is -0.332 e. The summed E-state index contributed by atoms with van der Waals surface area (Å²) in [6, 6.07) is 16.8. The van der Waals surface area contributed by atoms with Gasteiger partial charge in [0.1, 0.15) is 0 Å². The summed E-state index contributed by atoms with van der Waals surface area (Å²) in [6.07, 6.45) is 4.04. The Labute approximate surface area is 150 Å². The summed E-state index contributed by atoms with van der Waals surface area (Å²) in [6.45, 7) is 5.57. The molecule has 0 aromatic heterocycles. The summed E-state index contributed by atoms with van der Waals surface area (Å²) in [5.74, 6) is 0. The van der Waals surface area contributed by atoms with Crippen LogP contribution in [-0.2, 0) is 6.54 Å². The topological polar surface area (TPSA) is 27.3 Å². The third-order valence-electron chi connectivity index (χ3n) is 4.34. The number of nitrogens with one attached hydrogen (secondary N) is 2. The van der Waals surface area contributed by atoms with E-state index in [-0.39, 0.29) is 0 Å². The lowest BCUT2D eigenvalue weighted by Gasteiger charge is -2.26. The van der Waals surface area contributed by atoms with Gasteiger partial charge in [0.25, 0.3) is 0 Å². The molecule has 0 spiro atoms. The molecule has 0 saturated carbocycles. The van der Waals surface area contributed by atoms with Crippen LogP contribution in [-0.4, -0.2) is 23.1 Å². The van der Waals surface area contributed by atoms with Gasteiger partial charge in [-0.25, -0.2) is 0 Å². The van der Waals surface area contributed by atoms with Gasteiger partial charge in [-0.1, -0.05) is 30.7 Å². The first kappa shape index (κ1) is 16.9. The van der Waals surface area contributed by atoms with Crippen molar-refractivity contribution in [1.29, 1.82) is 0 Å². The largest absolute Gasteiger partial charge is 0.332 e. The Morgan fingerprint density at radius 3 is 2.38 bits per heavy atom. The zero-order valence-corrected chi connectivity index (χ0v) is 15.0. The Morgan fingerprint density at radius 2 is 1.67 bits per heavy atom. The Kier molecular flexibility index (Phi) is 5.83. The van der Waals surface area contributed by atoms with Crippen molar-refractivity contribution in [1.82, 2.24) is 4.90 Å². The molecule has 2 N–H and O–H groups in total. The maximum absolute atomic E-state index is 5.39. The Balaban J connectivity index is 1.52. The van der Waals surface area contributed by atoms with Gasteiger partial charge in [0.05, 0.1) is 0 Å². The number of rotatable bonds is 4. The van der Waals surface area contributed by atoms with Crippen LogP contribution in [0, 0.1) is 6.92 Å². The number of thiocarbonyl (C=S) groups is 1. The molecule has 1 heterocycles. The molecule has 3 rings (SSSR count). The molecule has 2 aromatic rings. The summed E-state index contributed by atoms with van der Waals surface area (Å²) in [5.41, 5.74) is 4.60. The third kappa shape index (κ3) is 5.05. The molecule has 0 amide bonds. The van der Waals surface area contributed by atoms with E-state index in [1.165, 1.54) is 43.5 Å². The molecule has 0 unspecified atom stereocenters. The van der Waals surface area contributed by atoms with Crippen LogP contribution >= 0.6 is 12.2 Å². The monoisotopic (exact) mass is 339 g/mol. The molecule has 0 atom stereocenters. The second-order valence-corrected chi connectivity index (χ2v) is 6.89. The lowest BCUT2D eigenvalue weighted by Crippen LogP contribution is -2.29. The molecule has 1 aliphatic rings. The quantitative estimate of drug-likeness (QED) is 0.783. The Bertz CT molecular complexity index is 676. The Morgan fingerprint density at radius 1 is 0.958 bits per heavy atom. The van der Waals surface area contributed by atoms with Crippen LogP contribution in [0.3, 0.4) is 0 Å². The fourth-order valence-electron chi connectivity index (χ4n) is 3.09. The van der Waals surface area contributed by atoms with E-state index in [2.05, 4.69) is 58.9 Å². The first-order valence-corrected chi connectivity index (χ1v) is 9.06. The van der Waals surface area contributed by atoms with E-state index >= 15 is 0 Å². The van der Waals surface area contributed by atoms with Crippen molar-refractivity contribution in [2.75, 3.05) is 23.7 Å². The van der Waals surface area contributed by atoms with E-state index < -0.39 is 0 Å². The lowest BCUT2D eigenvalue weighted by molar-refractivity contribution is 0.221. The van der Waals surface area contributed by atoms with Crippen LogP contribution in [0.4, 0.5) is 11.4 Å². The summed E-state index contributed by atoms with van der Waals surface area (Å²) >= 11 is 5.39. The van der Waals surface area contributed by atoms with Gasteiger partial charge in [-0.2, -0.15) is 0 Å². The predicted octanol–water partition coefficient (Wildman–Crippen LogP) is 4.79. The van der Waals surface area contributed by atoms with Crippen LogP contribution < -0.4 is 10.6 Å². The smallest absolute Gasteiger partial charge is 0.175 e. The number of hydrogen-bond donors (Lipinski definition) is 2. The fraction of sp³-hybridized carbons (Fsp3) is 0.350. The minimum absolute atomic E-state index is 0.615. The summed E-state index contributed by atoms with van der Waals surface area (Å²) in [4.78, 5) is 2.54. The number of likely N-dealkylation sites (tertiary alicyclic amines) is 1. The van der Waals surface area contributed by atoms with Crippen molar-refractivity contribution in [2.24, 2.45) is 0 Å². The molecular formula is C20H25N3S. The second-order valence-electron chi connectivity index (χ2n) is 6.48. The van der Waals surface area contributed by atoms with Crippen LogP contribution in [0.5, 0.6) is 0 Å². The molecule has 1 fully saturated rings. The molecule has 3 nitrogen and oxygen atoms in total. The van der Waals surface area contributed by atoms with Crippen molar-refractivity contribution >= 4 is 28.7 Å². The highest BCUT2D eigenvalue weighted by molar-refractivity contribution is 7.80. The maximum atomic E-state index is 5.39. The molecule has 1 saturated heterocycles. The third-order valence-corrected chi connectivity index (χ3v) is 4.55. The summed E-state index contributed by atoms with van der Waals surface area (Å²) < 4.78 is 0. The summed E-state index contributed by atoms with van der Waals surface area (Å²) in [5, 5.41) is 7.09. The van der Waals surface area contributed by atoms with E-state index in [1.807, 2.05) is 12.1 Å². The summed E-state index contributed by atoms with van der Waals surface area (Å²) in [7, 11) is 0. The van der Waals surface area contributed by atoms with E-state index in [0.29, 0.717) is 5.11 Å².